The van der Waals surface area contributed by atoms with Crippen molar-refractivity contribution in [3.8, 4) is 0 Å². The van der Waals surface area contributed by atoms with Crippen molar-refractivity contribution >= 4 is 22.7 Å². The van der Waals surface area contributed by atoms with Crippen LogP contribution in [0.2, 0.25) is 0 Å². The molecule has 0 atom stereocenters. The van der Waals surface area contributed by atoms with Crippen LogP contribution < -0.4 is 10.6 Å². The third kappa shape index (κ3) is 9.67. The summed E-state index contributed by atoms with van der Waals surface area (Å²) in [7, 11) is 0. The highest BCUT2D eigenvalue weighted by atomic mass is 19.1. The smallest absolute Gasteiger partial charge is 0.292 e. The summed E-state index contributed by atoms with van der Waals surface area (Å²) in [4.78, 5) is 20.5. The third-order valence-corrected chi connectivity index (χ3v) is 4.04. The van der Waals surface area contributed by atoms with E-state index in [1.165, 1.54) is 6.07 Å². The van der Waals surface area contributed by atoms with Crippen LogP contribution in [0.15, 0.2) is 36.4 Å². The quantitative estimate of drug-likeness (QED) is 0.273. The number of halogens is 1. The molecule has 0 aromatic heterocycles. The minimum Gasteiger partial charge on any atom is -0.380 e. The van der Waals surface area contributed by atoms with Crippen molar-refractivity contribution in [1.82, 2.24) is 0 Å². The van der Waals surface area contributed by atoms with Crippen LogP contribution in [-0.4, -0.2) is 49.4 Å². The van der Waals surface area contributed by atoms with Crippen LogP contribution in [0, 0.1) is 33.0 Å². The average molecular weight is 452 g/mol. The Kier molecular flexibility index (Phi) is 12.2. The second-order valence-corrected chi connectivity index (χ2v) is 6.44. The molecule has 0 aliphatic rings. The molecule has 2 rings (SSSR count). The second-order valence-electron chi connectivity index (χ2n) is 6.44. The number of ether oxygens (including phenoxy) is 2. The lowest BCUT2D eigenvalue weighted by Gasteiger charge is -2.07. The van der Waals surface area contributed by atoms with E-state index in [9.17, 15) is 24.6 Å². The highest BCUT2D eigenvalue weighted by molar-refractivity contribution is 5.62. The number of rotatable bonds is 12. The van der Waals surface area contributed by atoms with Gasteiger partial charge >= 0.3 is 0 Å². The highest BCUT2D eigenvalue weighted by Crippen LogP contribution is 2.25. The number of nitro groups is 2. The maximum Gasteiger partial charge on any atom is 0.292 e. The molecule has 0 spiro atoms. The number of anilines is 2. The van der Waals surface area contributed by atoms with Gasteiger partial charge in [-0.05, 0) is 38.5 Å². The van der Waals surface area contributed by atoms with Gasteiger partial charge in [-0.15, -0.1) is 0 Å². The molecule has 32 heavy (non-hydrogen) atoms. The van der Waals surface area contributed by atoms with Gasteiger partial charge in [0.15, 0.2) is 0 Å². The zero-order chi connectivity index (χ0) is 23.9. The highest BCUT2D eigenvalue weighted by Gasteiger charge is 2.14. The largest absolute Gasteiger partial charge is 0.380 e. The summed E-state index contributed by atoms with van der Waals surface area (Å²) in [5.74, 6) is -0.510. The molecule has 2 aromatic carbocycles. The maximum absolute atomic E-state index is 12.9. The molecule has 11 heteroatoms. The zero-order valence-corrected chi connectivity index (χ0v) is 18.4. The van der Waals surface area contributed by atoms with Crippen molar-refractivity contribution in [2.45, 2.75) is 20.8 Å². The van der Waals surface area contributed by atoms with E-state index in [2.05, 4.69) is 10.6 Å². The maximum atomic E-state index is 12.9. The summed E-state index contributed by atoms with van der Waals surface area (Å²) >= 11 is 0. The minimum atomic E-state index is -0.553. The molecule has 0 bridgehead atoms. The molecule has 0 unspecified atom stereocenters. The van der Waals surface area contributed by atoms with Gasteiger partial charge in [-0.1, -0.05) is 6.07 Å². The van der Waals surface area contributed by atoms with Crippen LogP contribution in [-0.2, 0) is 9.47 Å². The van der Waals surface area contributed by atoms with Crippen LogP contribution in [0.5, 0.6) is 0 Å². The standard InChI is InChI=1S/C11H16N2O3.C10H13FN2O3/c1-3-16-7-6-12-10-8-9(2)4-5-11(10)13(14)15;1-2-16-6-5-12-9-7-8(11)3-4-10(9)13(14)15/h4-5,8,12H,3,6-7H2,1-2H3;3-4,7,12H,2,5-6H2,1H3. The van der Waals surface area contributed by atoms with Crippen LogP contribution in [0.3, 0.4) is 0 Å². The molecule has 0 aliphatic heterocycles. The van der Waals surface area contributed by atoms with Gasteiger partial charge in [-0.2, -0.15) is 0 Å². The molecular formula is C21H29FN4O6. The molecule has 10 nitrogen and oxygen atoms in total. The normalized spacial score (nSPS) is 10.1. The van der Waals surface area contributed by atoms with Crippen LogP contribution >= 0.6 is 0 Å². The van der Waals surface area contributed by atoms with E-state index >= 15 is 0 Å². The number of nitrogens with zero attached hydrogens (tertiary/aromatic N) is 2. The Morgan fingerprint density at radius 3 is 1.78 bits per heavy atom. The monoisotopic (exact) mass is 452 g/mol. The number of hydrogen-bond donors (Lipinski definition) is 2. The molecule has 0 saturated carbocycles. The van der Waals surface area contributed by atoms with Crippen LogP contribution in [0.25, 0.3) is 0 Å². The van der Waals surface area contributed by atoms with Gasteiger partial charge in [0.2, 0.25) is 0 Å². The van der Waals surface area contributed by atoms with Gasteiger partial charge in [-0.3, -0.25) is 20.2 Å². The summed E-state index contributed by atoms with van der Waals surface area (Å²) in [6.45, 7) is 8.82. The topological polar surface area (TPSA) is 129 Å². The molecular weight excluding hydrogens is 423 g/mol. The summed E-state index contributed by atoms with van der Waals surface area (Å²) < 4.78 is 23.1. The molecule has 0 heterocycles. The van der Waals surface area contributed by atoms with Crippen LogP contribution in [0.1, 0.15) is 19.4 Å². The van der Waals surface area contributed by atoms with Crippen molar-refractivity contribution in [1.29, 1.82) is 0 Å². The molecule has 0 amide bonds. The summed E-state index contributed by atoms with van der Waals surface area (Å²) in [5.41, 5.74) is 1.67. The van der Waals surface area contributed by atoms with E-state index in [0.717, 1.165) is 23.8 Å². The zero-order valence-electron chi connectivity index (χ0n) is 18.4. The van der Waals surface area contributed by atoms with Gasteiger partial charge in [0, 0.05) is 44.5 Å². The Balaban J connectivity index is 0.000000320. The van der Waals surface area contributed by atoms with Gasteiger partial charge in [0.25, 0.3) is 11.4 Å². The lowest BCUT2D eigenvalue weighted by molar-refractivity contribution is -0.384. The van der Waals surface area contributed by atoms with Crippen molar-refractivity contribution in [2.75, 3.05) is 50.2 Å². The fourth-order valence-corrected chi connectivity index (χ4v) is 2.56. The first-order chi connectivity index (χ1) is 15.3. The van der Waals surface area contributed by atoms with E-state index in [4.69, 9.17) is 9.47 Å². The number of benzene rings is 2. The Hall–Kier alpha value is -3.31. The van der Waals surface area contributed by atoms with E-state index in [-0.39, 0.29) is 22.0 Å². The Morgan fingerprint density at radius 1 is 0.844 bits per heavy atom. The first-order valence-electron chi connectivity index (χ1n) is 10.1. The number of nitrogens with one attached hydrogen (secondary N) is 2. The SMILES string of the molecule is CCOCCNc1cc(C)ccc1[N+](=O)[O-].CCOCCNc1cc(F)ccc1[N+](=O)[O-]. The Bertz CT molecular complexity index is 810. The number of nitro benzene ring substituents is 2. The molecule has 0 aliphatic carbocycles. The number of aryl methyl sites for hydroxylation is 1. The van der Waals surface area contributed by atoms with Gasteiger partial charge in [-0.25, -0.2) is 4.39 Å². The Labute approximate surface area is 186 Å². The van der Waals surface area contributed by atoms with E-state index in [1.807, 2.05) is 20.8 Å². The molecule has 176 valence electrons. The second kappa shape index (κ2) is 14.7. The average Bonchev–Trinajstić information content (AvgIpc) is 2.74. The first-order valence-corrected chi connectivity index (χ1v) is 10.1. The van der Waals surface area contributed by atoms with Gasteiger partial charge in [0.05, 0.1) is 23.1 Å². The third-order valence-electron chi connectivity index (χ3n) is 4.04. The predicted octanol–water partition coefficient (Wildman–Crippen LogP) is 4.53. The lowest BCUT2D eigenvalue weighted by Crippen LogP contribution is -2.10. The fraction of sp³-hybridized carbons (Fsp3) is 0.429. The van der Waals surface area contributed by atoms with Crippen molar-refractivity contribution < 1.29 is 23.7 Å². The first kappa shape index (κ1) is 26.7. The summed E-state index contributed by atoms with van der Waals surface area (Å²) in [6, 6.07) is 8.31. The van der Waals surface area contributed by atoms with Crippen molar-refractivity contribution in [2.24, 2.45) is 0 Å². The summed E-state index contributed by atoms with van der Waals surface area (Å²) in [5, 5.41) is 27.2. The lowest BCUT2D eigenvalue weighted by atomic mass is 10.2. The fourth-order valence-electron chi connectivity index (χ4n) is 2.56. The van der Waals surface area contributed by atoms with Crippen LogP contribution in [0.4, 0.5) is 27.1 Å². The minimum absolute atomic E-state index is 0.0992. The summed E-state index contributed by atoms with van der Waals surface area (Å²) in [6.07, 6.45) is 0. The van der Waals surface area contributed by atoms with E-state index in [0.29, 0.717) is 45.2 Å². The van der Waals surface area contributed by atoms with Gasteiger partial charge in [0.1, 0.15) is 17.2 Å². The Morgan fingerprint density at radius 2 is 1.31 bits per heavy atom. The molecule has 0 saturated heterocycles. The molecule has 2 N–H and O–H groups in total. The van der Waals surface area contributed by atoms with E-state index < -0.39 is 10.7 Å². The van der Waals surface area contributed by atoms with Gasteiger partial charge < -0.3 is 20.1 Å². The van der Waals surface area contributed by atoms with Crippen molar-refractivity contribution in [3.05, 3.63) is 68.0 Å². The van der Waals surface area contributed by atoms with Crippen molar-refractivity contribution in [3.63, 3.8) is 0 Å². The number of hydrogen-bond acceptors (Lipinski definition) is 8. The molecule has 2 aromatic rings. The molecule has 0 fully saturated rings. The van der Waals surface area contributed by atoms with E-state index in [1.54, 1.807) is 12.1 Å². The predicted molar refractivity (Wildman–Crippen MR) is 121 cm³/mol. The molecule has 0 radical (unpaired) electrons.